The molecule has 0 bridgehead atoms. The molecule has 2 aliphatic heterocycles. The minimum atomic E-state index is -0.0279. The van der Waals surface area contributed by atoms with Crippen LogP contribution in [-0.4, -0.2) is 67.3 Å². The van der Waals surface area contributed by atoms with Crippen molar-refractivity contribution >= 4 is 0 Å². The fourth-order valence-corrected chi connectivity index (χ4v) is 2.82. The van der Waals surface area contributed by atoms with E-state index in [1.54, 1.807) is 0 Å². The van der Waals surface area contributed by atoms with Crippen molar-refractivity contribution < 1.29 is 4.74 Å². The largest absolute Gasteiger partial charge is 0.379 e. The van der Waals surface area contributed by atoms with E-state index in [4.69, 9.17) is 10.5 Å². The Hall–Kier alpha value is -0.160. The van der Waals surface area contributed by atoms with E-state index in [-0.39, 0.29) is 5.54 Å². The van der Waals surface area contributed by atoms with E-state index in [2.05, 4.69) is 23.6 Å². The van der Waals surface area contributed by atoms with Crippen LogP contribution in [0, 0.1) is 0 Å². The summed E-state index contributed by atoms with van der Waals surface area (Å²) in [5, 5.41) is 0. The molecule has 0 amide bonds. The predicted molar refractivity (Wildman–Crippen MR) is 70.1 cm³/mol. The van der Waals surface area contributed by atoms with Crippen LogP contribution in [0.3, 0.4) is 0 Å². The number of hydrogen-bond donors (Lipinski definition) is 1. The van der Waals surface area contributed by atoms with Gasteiger partial charge in [0, 0.05) is 37.8 Å². The maximum absolute atomic E-state index is 6.24. The van der Waals surface area contributed by atoms with Crippen LogP contribution in [0.5, 0.6) is 0 Å². The Kier molecular flexibility index (Phi) is 4.42. The monoisotopic (exact) mass is 241 g/mol. The molecular formula is C13H27N3O. The Morgan fingerprint density at radius 3 is 2.65 bits per heavy atom. The molecule has 0 spiro atoms. The second-order valence-electron chi connectivity index (χ2n) is 5.83. The van der Waals surface area contributed by atoms with Crippen molar-refractivity contribution in [2.45, 2.75) is 38.3 Å². The molecule has 0 radical (unpaired) electrons. The number of morpholine rings is 1. The van der Waals surface area contributed by atoms with E-state index in [1.807, 2.05) is 0 Å². The van der Waals surface area contributed by atoms with Gasteiger partial charge in [0.15, 0.2) is 0 Å². The van der Waals surface area contributed by atoms with Crippen molar-refractivity contribution in [2.75, 3.05) is 45.9 Å². The van der Waals surface area contributed by atoms with Crippen LogP contribution in [0.25, 0.3) is 0 Å². The molecule has 2 saturated heterocycles. The molecule has 0 aromatic heterocycles. The van der Waals surface area contributed by atoms with Crippen molar-refractivity contribution in [3.63, 3.8) is 0 Å². The summed E-state index contributed by atoms with van der Waals surface area (Å²) in [5.41, 5.74) is 6.22. The highest BCUT2D eigenvalue weighted by Crippen LogP contribution is 2.19. The fraction of sp³-hybridized carbons (Fsp3) is 1.00. The van der Waals surface area contributed by atoms with Crippen LogP contribution in [-0.2, 0) is 4.74 Å². The van der Waals surface area contributed by atoms with E-state index in [0.29, 0.717) is 0 Å². The molecule has 2 aliphatic rings. The number of nitrogens with two attached hydrogens (primary N) is 1. The van der Waals surface area contributed by atoms with Crippen LogP contribution in [0.1, 0.15) is 26.7 Å². The summed E-state index contributed by atoms with van der Waals surface area (Å²) >= 11 is 0. The second-order valence-corrected chi connectivity index (χ2v) is 5.83. The van der Waals surface area contributed by atoms with E-state index < -0.39 is 0 Å². The molecule has 0 aromatic carbocycles. The standard InChI is InChI=1S/C13H27N3O/c1-3-13(2,14)11-15-5-4-12(10-15)16-6-8-17-9-7-16/h12H,3-11,14H2,1-2H3. The van der Waals surface area contributed by atoms with Gasteiger partial charge in [-0.05, 0) is 26.3 Å². The van der Waals surface area contributed by atoms with Gasteiger partial charge in [0.25, 0.3) is 0 Å². The van der Waals surface area contributed by atoms with Gasteiger partial charge in [-0.3, -0.25) is 9.80 Å². The fourth-order valence-electron chi connectivity index (χ4n) is 2.82. The van der Waals surface area contributed by atoms with Crippen LogP contribution in [0.4, 0.5) is 0 Å². The number of nitrogens with zero attached hydrogens (tertiary/aromatic N) is 2. The van der Waals surface area contributed by atoms with Gasteiger partial charge in [-0.15, -0.1) is 0 Å². The molecule has 0 aliphatic carbocycles. The summed E-state index contributed by atoms with van der Waals surface area (Å²) in [5.74, 6) is 0. The molecule has 2 heterocycles. The lowest BCUT2D eigenvalue weighted by Crippen LogP contribution is -2.48. The third kappa shape index (κ3) is 3.65. The summed E-state index contributed by atoms with van der Waals surface area (Å²) in [6.07, 6.45) is 2.34. The van der Waals surface area contributed by atoms with Gasteiger partial charge >= 0.3 is 0 Å². The van der Waals surface area contributed by atoms with Gasteiger partial charge in [-0.2, -0.15) is 0 Å². The van der Waals surface area contributed by atoms with Gasteiger partial charge in [0.2, 0.25) is 0 Å². The van der Waals surface area contributed by atoms with E-state index in [9.17, 15) is 0 Å². The smallest absolute Gasteiger partial charge is 0.0594 e. The van der Waals surface area contributed by atoms with E-state index >= 15 is 0 Å². The quantitative estimate of drug-likeness (QED) is 0.779. The molecule has 2 atom stereocenters. The molecule has 17 heavy (non-hydrogen) atoms. The van der Waals surface area contributed by atoms with Crippen molar-refractivity contribution in [3.05, 3.63) is 0 Å². The van der Waals surface area contributed by atoms with Crippen molar-refractivity contribution in [1.82, 2.24) is 9.80 Å². The summed E-state index contributed by atoms with van der Waals surface area (Å²) in [4.78, 5) is 5.12. The van der Waals surface area contributed by atoms with Gasteiger partial charge in [0.05, 0.1) is 13.2 Å². The first-order chi connectivity index (χ1) is 8.11. The lowest BCUT2D eigenvalue weighted by molar-refractivity contribution is 0.0181. The van der Waals surface area contributed by atoms with Gasteiger partial charge in [0.1, 0.15) is 0 Å². The topological polar surface area (TPSA) is 41.7 Å². The number of likely N-dealkylation sites (tertiary alicyclic amines) is 1. The average molecular weight is 241 g/mol. The first-order valence-electron chi connectivity index (χ1n) is 6.94. The molecular weight excluding hydrogens is 214 g/mol. The first kappa shape index (κ1) is 13.3. The first-order valence-corrected chi connectivity index (χ1v) is 6.94. The molecule has 2 N–H and O–H groups in total. The lowest BCUT2D eigenvalue weighted by Gasteiger charge is -2.33. The molecule has 2 unspecified atom stereocenters. The highest BCUT2D eigenvalue weighted by atomic mass is 16.5. The van der Waals surface area contributed by atoms with Crippen molar-refractivity contribution in [1.29, 1.82) is 0 Å². The molecule has 4 nitrogen and oxygen atoms in total. The van der Waals surface area contributed by atoms with Gasteiger partial charge in [-0.25, -0.2) is 0 Å². The second kappa shape index (κ2) is 5.65. The van der Waals surface area contributed by atoms with Crippen molar-refractivity contribution in [2.24, 2.45) is 5.73 Å². The van der Waals surface area contributed by atoms with E-state index in [1.165, 1.54) is 19.5 Å². The highest BCUT2D eigenvalue weighted by molar-refractivity contribution is 4.89. The third-order valence-electron chi connectivity index (χ3n) is 4.20. The summed E-state index contributed by atoms with van der Waals surface area (Å²) in [6.45, 7) is 11.8. The van der Waals surface area contributed by atoms with E-state index in [0.717, 1.165) is 45.3 Å². The van der Waals surface area contributed by atoms with Crippen LogP contribution < -0.4 is 5.73 Å². The van der Waals surface area contributed by atoms with Crippen LogP contribution >= 0.6 is 0 Å². The molecule has 4 heteroatoms. The summed E-state index contributed by atoms with van der Waals surface area (Å²) in [7, 11) is 0. The minimum Gasteiger partial charge on any atom is -0.379 e. The zero-order chi connectivity index (χ0) is 12.3. The minimum absolute atomic E-state index is 0.0279. The SMILES string of the molecule is CCC(C)(N)CN1CCC(N2CCOCC2)C1. The Labute approximate surface area is 105 Å². The Morgan fingerprint density at radius 2 is 2.00 bits per heavy atom. The predicted octanol–water partition coefficient (Wildman–Crippen LogP) is 0.520. The van der Waals surface area contributed by atoms with Gasteiger partial charge < -0.3 is 10.5 Å². The lowest BCUT2D eigenvalue weighted by atomic mass is 10.0. The number of ether oxygens (including phenoxy) is 1. The summed E-state index contributed by atoms with van der Waals surface area (Å²) in [6, 6.07) is 0.728. The average Bonchev–Trinajstić information content (AvgIpc) is 2.78. The van der Waals surface area contributed by atoms with Crippen LogP contribution in [0.15, 0.2) is 0 Å². The molecule has 2 fully saturated rings. The zero-order valence-electron chi connectivity index (χ0n) is 11.3. The molecule has 2 rings (SSSR count). The van der Waals surface area contributed by atoms with Crippen molar-refractivity contribution in [3.8, 4) is 0 Å². The highest BCUT2D eigenvalue weighted by Gasteiger charge is 2.31. The van der Waals surface area contributed by atoms with Crippen LogP contribution in [0.2, 0.25) is 0 Å². The Bertz CT molecular complexity index is 239. The molecule has 100 valence electrons. The number of hydrogen-bond acceptors (Lipinski definition) is 4. The maximum Gasteiger partial charge on any atom is 0.0594 e. The Balaban J connectivity index is 1.78. The third-order valence-corrected chi connectivity index (χ3v) is 4.20. The molecule has 0 aromatic rings. The Morgan fingerprint density at radius 1 is 1.29 bits per heavy atom. The normalized spacial score (nSPS) is 31.6. The maximum atomic E-state index is 6.24. The number of rotatable bonds is 4. The zero-order valence-corrected chi connectivity index (χ0v) is 11.3. The molecule has 0 saturated carbocycles. The summed E-state index contributed by atoms with van der Waals surface area (Å²) < 4.78 is 5.41. The van der Waals surface area contributed by atoms with Gasteiger partial charge in [-0.1, -0.05) is 6.92 Å².